The normalized spacial score (nSPS) is 13.5. The van der Waals surface area contributed by atoms with Gasteiger partial charge in [0.2, 0.25) is 5.91 Å². The van der Waals surface area contributed by atoms with Crippen LogP contribution in [0.3, 0.4) is 0 Å². The van der Waals surface area contributed by atoms with E-state index in [0.29, 0.717) is 41.8 Å². The van der Waals surface area contributed by atoms with Gasteiger partial charge >= 0.3 is 5.97 Å². The van der Waals surface area contributed by atoms with Crippen LogP contribution in [0, 0.1) is 0 Å². The Kier molecular flexibility index (Phi) is 6.59. The standard InChI is InChI=1S/C19H21N3O5S/c1-2-26-15-7-5-13(6-8-15)20-16(23)11-27-18(25)10-14-12-28-19(21-14)22-9-3-4-17(22)24/h5-8,12H,2-4,9-11H2,1H3,(H,20,23). The minimum Gasteiger partial charge on any atom is -0.494 e. The third-order valence-electron chi connectivity index (χ3n) is 3.98. The number of ether oxygens (including phenoxy) is 2. The number of carbonyl (C=O) groups is 3. The van der Waals surface area contributed by atoms with Crippen LogP contribution in [0.4, 0.5) is 10.8 Å². The number of rotatable bonds is 8. The molecular weight excluding hydrogens is 382 g/mol. The maximum Gasteiger partial charge on any atom is 0.312 e. The molecule has 1 aliphatic rings. The summed E-state index contributed by atoms with van der Waals surface area (Å²) in [7, 11) is 0. The van der Waals surface area contributed by atoms with Crippen LogP contribution >= 0.6 is 11.3 Å². The second-order valence-corrected chi connectivity index (χ2v) is 6.95. The maximum atomic E-state index is 11.9. The van der Waals surface area contributed by atoms with E-state index in [2.05, 4.69) is 10.3 Å². The zero-order valence-corrected chi connectivity index (χ0v) is 16.3. The highest BCUT2D eigenvalue weighted by molar-refractivity contribution is 7.14. The van der Waals surface area contributed by atoms with Crippen LogP contribution in [0.5, 0.6) is 5.75 Å². The molecule has 1 aromatic carbocycles. The Hall–Kier alpha value is -2.94. The zero-order chi connectivity index (χ0) is 19.9. The van der Waals surface area contributed by atoms with E-state index in [9.17, 15) is 14.4 Å². The van der Waals surface area contributed by atoms with Gasteiger partial charge in [-0.25, -0.2) is 4.98 Å². The van der Waals surface area contributed by atoms with Crippen molar-refractivity contribution in [3.63, 3.8) is 0 Å². The summed E-state index contributed by atoms with van der Waals surface area (Å²) < 4.78 is 10.3. The lowest BCUT2D eigenvalue weighted by molar-refractivity contribution is -0.146. The number of esters is 1. The highest BCUT2D eigenvalue weighted by Crippen LogP contribution is 2.25. The summed E-state index contributed by atoms with van der Waals surface area (Å²) in [6.07, 6.45) is 1.30. The zero-order valence-electron chi connectivity index (χ0n) is 15.5. The van der Waals surface area contributed by atoms with Gasteiger partial charge in [0.05, 0.1) is 18.7 Å². The molecule has 1 saturated heterocycles. The molecular formula is C19H21N3O5S. The molecule has 3 rings (SSSR count). The van der Waals surface area contributed by atoms with Gasteiger partial charge in [-0.05, 0) is 37.6 Å². The number of hydrogen-bond donors (Lipinski definition) is 1. The van der Waals surface area contributed by atoms with Crippen LogP contribution < -0.4 is 15.0 Å². The Morgan fingerprint density at radius 1 is 1.29 bits per heavy atom. The van der Waals surface area contributed by atoms with Crippen LogP contribution in [0.1, 0.15) is 25.5 Å². The molecule has 2 amide bonds. The molecule has 0 aliphatic carbocycles. The number of carbonyl (C=O) groups excluding carboxylic acids is 3. The van der Waals surface area contributed by atoms with Crippen molar-refractivity contribution in [1.29, 1.82) is 0 Å². The monoisotopic (exact) mass is 403 g/mol. The fourth-order valence-corrected chi connectivity index (χ4v) is 3.56. The minimum absolute atomic E-state index is 0.0468. The Labute approximate surface area is 166 Å². The molecule has 1 aliphatic heterocycles. The van der Waals surface area contributed by atoms with E-state index in [0.717, 1.165) is 6.42 Å². The molecule has 0 atom stereocenters. The smallest absolute Gasteiger partial charge is 0.312 e. The topological polar surface area (TPSA) is 97.8 Å². The summed E-state index contributed by atoms with van der Waals surface area (Å²) in [5.74, 6) is -0.217. The first-order valence-electron chi connectivity index (χ1n) is 8.98. The summed E-state index contributed by atoms with van der Waals surface area (Å²) in [5, 5.41) is 4.97. The first-order valence-corrected chi connectivity index (χ1v) is 9.86. The van der Waals surface area contributed by atoms with Gasteiger partial charge in [0.25, 0.3) is 5.91 Å². The first kappa shape index (κ1) is 19.8. The molecule has 2 aromatic rings. The van der Waals surface area contributed by atoms with Gasteiger partial charge in [-0.15, -0.1) is 11.3 Å². The number of amides is 2. The molecule has 2 heterocycles. The number of nitrogens with zero attached hydrogens (tertiary/aromatic N) is 2. The molecule has 8 nitrogen and oxygen atoms in total. The van der Waals surface area contributed by atoms with Gasteiger partial charge in [0.15, 0.2) is 11.7 Å². The third kappa shape index (κ3) is 5.29. The van der Waals surface area contributed by atoms with E-state index in [-0.39, 0.29) is 18.9 Å². The predicted octanol–water partition coefficient (Wildman–Crippen LogP) is 2.39. The molecule has 0 bridgehead atoms. The summed E-state index contributed by atoms with van der Waals surface area (Å²) in [6, 6.07) is 6.91. The fraction of sp³-hybridized carbons (Fsp3) is 0.368. The summed E-state index contributed by atoms with van der Waals surface area (Å²) >= 11 is 1.32. The van der Waals surface area contributed by atoms with E-state index in [4.69, 9.17) is 9.47 Å². The molecule has 28 heavy (non-hydrogen) atoms. The van der Waals surface area contributed by atoms with Crippen molar-refractivity contribution in [3.05, 3.63) is 35.3 Å². The number of benzene rings is 1. The van der Waals surface area contributed by atoms with Crippen LogP contribution in [0.25, 0.3) is 0 Å². The highest BCUT2D eigenvalue weighted by atomic mass is 32.1. The van der Waals surface area contributed by atoms with Crippen molar-refractivity contribution in [3.8, 4) is 5.75 Å². The molecule has 1 aromatic heterocycles. The van der Waals surface area contributed by atoms with E-state index in [1.807, 2.05) is 6.92 Å². The largest absolute Gasteiger partial charge is 0.494 e. The quantitative estimate of drug-likeness (QED) is 0.680. The van der Waals surface area contributed by atoms with E-state index >= 15 is 0 Å². The minimum atomic E-state index is -0.550. The average molecular weight is 403 g/mol. The Morgan fingerprint density at radius 3 is 2.75 bits per heavy atom. The molecule has 148 valence electrons. The SMILES string of the molecule is CCOc1ccc(NC(=O)COC(=O)Cc2csc(N3CCCC3=O)n2)cc1. The van der Waals surface area contributed by atoms with Crippen molar-refractivity contribution in [2.24, 2.45) is 0 Å². The molecule has 0 spiro atoms. The number of aromatic nitrogens is 1. The highest BCUT2D eigenvalue weighted by Gasteiger charge is 2.24. The second-order valence-electron chi connectivity index (χ2n) is 6.11. The third-order valence-corrected chi connectivity index (χ3v) is 4.90. The molecule has 1 fully saturated rings. The molecule has 0 saturated carbocycles. The van der Waals surface area contributed by atoms with Gasteiger partial charge in [0, 0.05) is 24.0 Å². The first-order chi connectivity index (χ1) is 13.5. The van der Waals surface area contributed by atoms with Gasteiger partial charge in [-0.1, -0.05) is 0 Å². The van der Waals surface area contributed by atoms with Gasteiger partial charge in [-0.2, -0.15) is 0 Å². The lowest BCUT2D eigenvalue weighted by atomic mass is 10.3. The number of nitrogens with one attached hydrogen (secondary N) is 1. The van der Waals surface area contributed by atoms with Crippen molar-refractivity contribution in [1.82, 2.24) is 4.98 Å². The summed E-state index contributed by atoms with van der Waals surface area (Å²) in [6.45, 7) is 2.73. The van der Waals surface area contributed by atoms with E-state index in [1.54, 1.807) is 34.5 Å². The van der Waals surface area contributed by atoms with Crippen LogP contribution in [-0.2, 0) is 25.5 Å². The lowest BCUT2D eigenvalue weighted by Gasteiger charge is -2.10. The van der Waals surface area contributed by atoms with E-state index < -0.39 is 11.9 Å². The van der Waals surface area contributed by atoms with Crippen molar-refractivity contribution in [2.75, 3.05) is 30.0 Å². The van der Waals surface area contributed by atoms with Gasteiger partial charge < -0.3 is 14.8 Å². The maximum absolute atomic E-state index is 11.9. The van der Waals surface area contributed by atoms with Gasteiger partial charge in [0.1, 0.15) is 5.75 Å². The lowest BCUT2D eigenvalue weighted by Crippen LogP contribution is -2.23. The van der Waals surface area contributed by atoms with E-state index in [1.165, 1.54) is 11.3 Å². The van der Waals surface area contributed by atoms with Crippen LogP contribution in [0.2, 0.25) is 0 Å². The molecule has 9 heteroatoms. The fourth-order valence-electron chi connectivity index (χ4n) is 2.70. The number of anilines is 2. The predicted molar refractivity (Wildman–Crippen MR) is 105 cm³/mol. The number of thiazole rings is 1. The van der Waals surface area contributed by atoms with Gasteiger partial charge in [-0.3, -0.25) is 19.3 Å². The van der Waals surface area contributed by atoms with Crippen LogP contribution in [-0.4, -0.2) is 42.5 Å². The van der Waals surface area contributed by atoms with Crippen molar-refractivity contribution < 1.29 is 23.9 Å². The molecule has 0 radical (unpaired) electrons. The summed E-state index contributed by atoms with van der Waals surface area (Å²) in [5.41, 5.74) is 1.11. The average Bonchev–Trinajstić information content (AvgIpc) is 3.30. The van der Waals surface area contributed by atoms with Crippen molar-refractivity contribution in [2.45, 2.75) is 26.2 Å². The molecule has 1 N–H and O–H groups in total. The van der Waals surface area contributed by atoms with Crippen molar-refractivity contribution >= 4 is 39.9 Å². The Morgan fingerprint density at radius 2 is 2.07 bits per heavy atom. The molecule has 0 unspecified atom stereocenters. The Bertz CT molecular complexity index is 850. The number of hydrogen-bond acceptors (Lipinski definition) is 7. The summed E-state index contributed by atoms with van der Waals surface area (Å²) in [4.78, 5) is 41.5. The Balaban J connectivity index is 1.43. The second kappa shape index (κ2) is 9.32. The van der Waals surface area contributed by atoms with Crippen LogP contribution in [0.15, 0.2) is 29.6 Å².